The highest BCUT2D eigenvalue weighted by molar-refractivity contribution is 7.98. The van der Waals surface area contributed by atoms with Crippen molar-refractivity contribution < 1.29 is 0 Å². The molecule has 2 N–H and O–H groups in total. The Kier molecular flexibility index (Phi) is 2.81. The molecule has 1 atom stereocenters. The van der Waals surface area contributed by atoms with E-state index >= 15 is 0 Å². The molecule has 5 heteroatoms. The Morgan fingerprint density at radius 2 is 2.40 bits per heavy atom. The second-order valence-corrected chi connectivity index (χ2v) is 4.42. The zero-order valence-corrected chi connectivity index (χ0v) is 9.66. The minimum atomic E-state index is 0.354. The molecule has 0 aliphatic rings. The monoisotopic (exact) mass is 222 g/mol. The van der Waals surface area contributed by atoms with Gasteiger partial charge in [-0.05, 0) is 19.2 Å². The summed E-state index contributed by atoms with van der Waals surface area (Å²) < 4.78 is 2.06. The summed E-state index contributed by atoms with van der Waals surface area (Å²) in [6.07, 6.45) is 5.60. The van der Waals surface area contributed by atoms with Crippen molar-refractivity contribution >= 4 is 28.7 Å². The van der Waals surface area contributed by atoms with Crippen LogP contribution in [-0.4, -0.2) is 26.5 Å². The van der Waals surface area contributed by atoms with Gasteiger partial charge >= 0.3 is 0 Å². The molecule has 2 aromatic heterocycles. The highest BCUT2D eigenvalue weighted by Crippen LogP contribution is 2.23. The van der Waals surface area contributed by atoms with Crippen LogP contribution >= 0.6 is 11.8 Å². The van der Waals surface area contributed by atoms with Gasteiger partial charge in [0, 0.05) is 18.0 Å². The van der Waals surface area contributed by atoms with Crippen molar-refractivity contribution in [2.45, 2.75) is 13.0 Å². The van der Waals surface area contributed by atoms with Crippen molar-refractivity contribution in [2.24, 2.45) is 0 Å². The summed E-state index contributed by atoms with van der Waals surface area (Å²) >= 11 is 1.81. The maximum atomic E-state index is 5.90. The van der Waals surface area contributed by atoms with Crippen LogP contribution in [0.1, 0.15) is 13.0 Å². The first kappa shape index (κ1) is 10.3. The van der Waals surface area contributed by atoms with Gasteiger partial charge in [0.1, 0.15) is 5.52 Å². The van der Waals surface area contributed by atoms with Gasteiger partial charge in [-0.3, -0.25) is 4.98 Å². The number of nitrogens with two attached hydrogens (primary N) is 1. The van der Waals surface area contributed by atoms with E-state index in [1.165, 1.54) is 0 Å². The number of pyridine rings is 1. The number of thioether (sulfide) groups is 1. The van der Waals surface area contributed by atoms with Gasteiger partial charge in [-0.15, -0.1) is 0 Å². The summed E-state index contributed by atoms with van der Waals surface area (Å²) in [6, 6.07) is 2.31. The minimum absolute atomic E-state index is 0.354. The summed E-state index contributed by atoms with van der Waals surface area (Å²) in [7, 11) is 0. The molecule has 0 radical (unpaired) electrons. The lowest BCUT2D eigenvalue weighted by Gasteiger charge is -2.14. The van der Waals surface area contributed by atoms with E-state index in [2.05, 4.69) is 27.7 Å². The molecule has 0 spiro atoms. The lowest BCUT2D eigenvalue weighted by atomic mass is 10.3. The number of aromatic nitrogens is 3. The van der Waals surface area contributed by atoms with Crippen LogP contribution in [0.15, 0.2) is 18.5 Å². The third-order valence-electron chi connectivity index (χ3n) is 2.37. The molecule has 0 amide bonds. The molecule has 1 unspecified atom stereocenters. The number of hydrogen-bond donors (Lipinski definition) is 1. The molecule has 0 fully saturated rings. The molecule has 80 valence electrons. The SMILES string of the molecule is CSCC(C)n1c(N)nc2cnccc21. The zero-order chi connectivity index (χ0) is 10.8. The lowest BCUT2D eigenvalue weighted by Crippen LogP contribution is -2.10. The predicted molar refractivity (Wildman–Crippen MR) is 65.0 cm³/mol. The Hall–Kier alpha value is -1.23. The topological polar surface area (TPSA) is 56.7 Å². The van der Waals surface area contributed by atoms with E-state index in [0.29, 0.717) is 12.0 Å². The summed E-state index contributed by atoms with van der Waals surface area (Å²) in [4.78, 5) is 8.32. The van der Waals surface area contributed by atoms with Gasteiger partial charge in [0.15, 0.2) is 0 Å². The second kappa shape index (κ2) is 4.10. The number of rotatable bonds is 3. The van der Waals surface area contributed by atoms with Gasteiger partial charge in [-0.25, -0.2) is 4.98 Å². The predicted octanol–water partition coefficient (Wildman–Crippen LogP) is 1.94. The first-order valence-corrected chi connectivity index (χ1v) is 6.19. The standard InChI is InChI=1S/C10H14N4S/c1-7(6-15-2)14-9-3-4-12-5-8(9)13-10(14)11/h3-5,7H,6H2,1-2H3,(H2,11,13). The number of nitrogens with zero attached hydrogens (tertiary/aromatic N) is 3. The van der Waals surface area contributed by atoms with E-state index in [-0.39, 0.29) is 0 Å². The summed E-state index contributed by atoms with van der Waals surface area (Å²) in [5, 5.41) is 0. The Labute approximate surface area is 92.9 Å². The van der Waals surface area contributed by atoms with Crippen LogP contribution < -0.4 is 5.73 Å². The van der Waals surface area contributed by atoms with E-state index in [1.807, 2.05) is 6.07 Å². The van der Waals surface area contributed by atoms with Crippen LogP contribution in [0.5, 0.6) is 0 Å². The molecule has 4 nitrogen and oxygen atoms in total. The summed E-state index contributed by atoms with van der Waals surface area (Å²) in [5.41, 5.74) is 7.82. The molecule has 0 saturated heterocycles. The van der Waals surface area contributed by atoms with E-state index in [9.17, 15) is 0 Å². The molecule has 0 aromatic carbocycles. The first-order chi connectivity index (χ1) is 7.24. The molecular formula is C10H14N4S. The second-order valence-electron chi connectivity index (χ2n) is 3.51. The van der Waals surface area contributed by atoms with Gasteiger partial charge in [0.2, 0.25) is 5.95 Å². The fourth-order valence-corrected chi connectivity index (χ4v) is 2.38. The molecule has 2 aromatic rings. The number of nitrogen functional groups attached to an aromatic ring is 1. The maximum absolute atomic E-state index is 5.90. The first-order valence-electron chi connectivity index (χ1n) is 4.80. The van der Waals surface area contributed by atoms with E-state index < -0.39 is 0 Å². The molecule has 2 heterocycles. The summed E-state index contributed by atoms with van der Waals surface area (Å²) in [6.45, 7) is 2.15. The van der Waals surface area contributed by atoms with Crippen LogP contribution in [-0.2, 0) is 0 Å². The molecule has 15 heavy (non-hydrogen) atoms. The lowest BCUT2D eigenvalue weighted by molar-refractivity contribution is 0.637. The Morgan fingerprint density at radius 3 is 3.13 bits per heavy atom. The molecule has 0 bridgehead atoms. The van der Waals surface area contributed by atoms with Crippen molar-refractivity contribution in [3.63, 3.8) is 0 Å². The van der Waals surface area contributed by atoms with Crippen LogP contribution in [0.25, 0.3) is 11.0 Å². The summed E-state index contributed by atoms with van der Waals surface area (Å²) in [5.74, 6) is 1.59. The minimum Gasteiger partial charge on any atom is -0.369 e. The van der Waals surface area contributed by atoms with Gasteiger partial charge < -0.3 is 10.3 Å². The van der Waals surface area contributed by atoms with Gasteiger partial charge in [0.25, 0.3) is 0 Å². The number of hydrogen-bond acceptors (Lipinski definition) is 4. The van der Waals surface area contributed by atoms with Gasteiger partial charge in [-0.1, -0.05) is 0 Å². The third kappa shape index (κ3) is 1.79. The molecule has 0 aliphatic heterocycles. The Morgan fingerprint density at radius 1 is 1.60 bits per heavy atom. The molecule has 0 aliphatic carbocycles. The van der Waals surface area contributed by atoms with Crippen molar-refractivity contribution in [1.29, 1.82) is 0 Å². The number of imidazole rings is 1. The quantitative estimate of drug-likeness (QED) is 0.862. The van der Waals surface area contributed by atoms with Crippen LogP contribution in [0.2, 0.25) is 0 Å². The van der Waals surface area contributed by atoms with E-state index in [4.69, 9.17) is 5.73 Å². The smallest absolute Gasteiger partial charge is 0.201 e. The fourth-order valence-electron chi connectivity index (χ4n) is 1.75. The van der Waals surface area contributed by atoms with E-state index in [0.717, 1.165) is 16.8 Å². The maximum Gasteiger partial charge on any atom is 0.201 e. The molecular weight excluding hydrogens is 208 g/mol. The van der Waals surface area contributed by atoms with Gasteiger partial charge in [-0.2, -0.15) is 11.8 Å². The number of anilines is 1. The molecule has 2 rings (SSSR count). The Bertz CT molecular complexity index is 465. The highest BCUT2D eigenvalue weighted by atomic mass is 32.2. The van der Waals surface area contributed by atoms with Crippen molar-refractivity contribution in [2.75, 3.05) is 17.7 Å². The van der Waals surface area contributed by atoms with Crippen LogP contribution in [0, 0.1) is 0 Å². The van der Waals surface area contributed by atoms with Gasteiger partial charge in [0.05, 0.1) is 11.7 Å². The van der Waals surface area contributed by atoms with Crippen LogP contribution in [0.4, 0.5) is 5.95 Å². The zero-order valence-electron chi connectivity index (χ0n) is 8.84. The fraction of sp³-hybridized carbons (Fsp3) is 0.400. The van der Waals surface area contributed by atoms with Crippen molar-refractivity contribution in [3.8, 4) is 0 Å². The number of fused-ring (bicyclic) bond motifs is 1. The van der Waals surface area contributed by atoms with Crippen LogP contribution in [0.3, 0.4) is 0 Å². The average molecular weight is 222 g/mol. The average Bonchev–Trinajstić information content (AvgIpc) is 2.54. The van der Waals surface area contributed by atoms with Crippen molar-refractivity contribution in [3.05, 3.63) is 18.5 Å². The van der Waals surface area contributed by atoms with E-state index in [1.54, 1.807) is 24.2 Å². The Balaban J connectivity index is 2.53. The van der Waals surface area contributed by atoms with Crippen molar-refractivity contribution in [1.82, 2.24) is 14.5 Å². The molecule has 0 saturated carbocycles. The largest absolute Gasteiger partial charge is 0.369 e. The third-order valence-corrected chi connectivity index (χ3v) is 3.18. The normalized spacial score (nSPS) is 13.2. The highest BCUT2D eigenvalue weighted by Gasteiger charge is 2.12.